The van der Waals surface area contributed by atoms with Crippen molar-refractivity contribution in [2.75, 3.05) is 6.61 Å². The summed E-state index contributed by atoms with van der Waals surface area (Å²) in [7, 11) is -3.82. The molecule has 7 heteroatoms. The molecule has 0 amide bonds. The van der Waals surface area contributed by atoms with E-state index in [1.54, 1.807) is 42.5 Å². The normalized spacial score (nSPS) is 13.3. The van der Waals surface area contributed by atoms with E-state index in [1.807, 2.05) is 6.92 Å². The van der Waals surface area contributed by atoms with Crippen LogP contribution in [0.2, 0.25) is 0 Å². The van der Waals surface area contributed by atoms with Crippen molar-refractivity contribution < 1.29 is 18.6 Å². The van der Waals surface area contributed by atoms with Crippen molar-refractivity contribution in [3.8, 4) is 0 Å². The number of aliphatic hydroxyl groups is 2. The van der Waals surface area contributed by atoms with Crippen molar-refractivity contribution in [2.24, 2.45) is 0 Å². The highest BCUT2D eigenvalue weighted by atomic mass is 79.9. The van der Waals surface area contributed by atoms with Crippen LogP contribution in [-0.4, -0.2) is 29.2 Å². The number of aromatic nitrogens is 1. The number of aryl methyl sites for hydroxylation is 1. The molecule has 0 aliphatic rings. The average Bonchev–Trinajstić information content (AvgIpc) is 2.94. The molecule has 1 atom stereocenters. The van der Waals surface area contributed by atoms with Crippen LogP contribution < -0.4 is 0 Å². The maximum absolute atomic E-state index is 13.0. The molecular formula is C17H16BrNO4S. The molecule has 5 nitrogen and oxygen atoms in total. The molecule has 1 aromatic heterocycles. The van der Waals surface area contributed by atoms with Gasteiger partial charge in [-0.15, -0.1) is 0 Å². The van der Waals surface area contributed by atoms with Gasteiger partial charge in [-0.05, 0) is 31.2 Å². The van der Waals surface area contributed by atoms with E-state index in [4.69, 9.17) is 0 Å². The topological polar surface area (TPSA) is 79.5 Å². The van der Waals surface area contributed by atoms with Gasteiger partial charge in [0, 0.05) is 21.6 Å². The Labute approximate surface area is 148 Å². The van der Waals surface area contributed by atoms with Gasteiger partial charge in [0.2, 0.25) is 0 Å². The first-order chi connectivity index (χ1) is 11.3. The molecular weight excluding hydrogens is 394 g/mol. The smallest absolute Gasteiger partial charge is 0.268 e. The van der Waals surface area contributed by atoms with Gasteiger partial charge in [0.15, 0.2) is 0 Å². The lowest BCUT2D eigenvalue weighted by molar-refractivity contribution is 0.0967. The van der Waals surface area contributed by atoms with Crippen LogP contribution in [-0.2, 0) is 10.0 Å². The number of benzene rings is 2. The van der Waals surface area contributed by atoms with Gasteiger partial charge in [-0.3, -0.25) is 0 Å². The summed E-state index contributed by atoms with van der Waals surface area (Å²) < 4.78 is 27.9. The number of nitrogens with zero attached hydrogens (tertiary/aromatic N) is 1. The quantitative estimate of drug-likeness (QED) is 0.693. The maximum Gasteiger partial charge on any atom is 0.268 e. The summed E-state index contributed by atoms with van der Waals surface area (Å²) in [6, 6.07) is 11.7. The molecule has 0 spiro atoms. The zero-order chi connectivity index (χ0) is 17.5. The first-order valence-corrected chi connectivity index (χ1v) is 9.49. The maximum atomic E-state index is 13.0. The first-order valence-electron chi connectivity index (χ1n) is 7.26. The van der Waals surface area contributed by atoms with Crippen molar-refractivity contribution in [1.29, 1.82) is 0 Å². The molecule has 126 valence electrons. The van der Waals surface area contributed by atoms with Crippen LogP contribution >= 0.6 is 15.9 Å². The second-order valence-corrected chi connectivity index (χ2v) is 8.29. The van der Waals surface area contributed by atoms with Crippen LogP contribution in [0.1, 0.15) is 17.2 Å². The van der Waals surface area contributed by atoms with Gasteiger partial charge in [0.25, 0.3) is 10.0 Å². The minimum absolute atomic E-state index is 0.162. The Hall–Kier alpha value is -1.67. The van der Waals surface area contributed by atoms with Crippen molar-refractivity contribution >= 4 is 36.9 Å². The lowest BCUT2D eigenvalue weighted by atomic mass is 10.1. The van der Waals surface area contributed by atoms with Crippen LogP contribution in [0.5, 0.6) is 0 Å². The summed E-state index contributed by atoms with van der Waals surface area (Å²) in [4.78, 5) is 0.162. The monoisotopic (exact) mass is 409 g/mol. The van der Waals surface area contributed by atoms with Crippen LogP contribution in [0.4, 0.5) is 0 Å². The van der Waals surface area contributed by atoms with Crippen LogP contribution in [0.3, 0.4) is 0 Å². The minimum Gasteiger partial charge on any atom is -0.393 e. The summed E-state index contributed by atoms with van der Waals surface area (Å²) in [6.07, 6.45) is 0.218. The predicted molar refractivity (Wildman–Crippen MR) is 95.4 cm³/mol. The number of hydrogen-bond acceptors (Lipinski definition) is 4. The SMILES string of the molecule is Cc1ccc(S(=O)(=O)n2cc([C@H](O)CO)c3ccc(Br)cc32)cc1. The van der Waals surface area contributed by atoms with Gasteiger partial charge >= 0.3 is 0 Å². The molecule has 0 unspecified atom stereocenters. The molecule has 0 radical (unpaired) electrons. The number of hydrogen-bond donors (Lipinski definition) is 2. The summed E-state index contributed by atoms with van der Waals surface area (Å²) in [5.74, 6) is 0. The third-order valence-electron chi connectivity index (χ3n) is 3.87. The third kappa shape index (κ3) is 2.88. The summed E-state index contributed by atoms with van der Waals surface area (Å²) >= 11 is 3.34. The Kier molecular flexibility index (Phi) is 4.52. The molecule has 0 aliphatic carbocycles. The van der Waals surface area contributed by atoms with E-state index in [9.17, 15) is 18.6 Å². The highest BCUT2D eigenvalue weighted by Gasteiger charge is 2.23. The lowest BCUT2D eigenvalue weighted by Crippen LogP contribution is -2.12. The van der Waals surface area contributed by atoms with Gasteiger partial charge < -0.3 is 10.2 Å². The van der Waals surface area contributed by atoms with E-state index in [-0.39, 0.29) is 4.90 Å². The van der Waals surface area contributed by atoms with Crippen LogP contribution in [0, 0.1) is 6.92 Å². The Morgan fingerprint density at radius 1 is 1.17 bits per heavy atom. The molecule has 0 fully saturated rings. The molecule has 2 aromatic carbocycles. The molecule has 0 saturated heterocycles. The fourth-order valence-electron chi connectivity index (χ4n) is 2.58. The second kappa shape index (κ2) is 6.33. The number of rotatable bonds is 4. The molecule has 3 rings (SSSR count). The molecule has 0 bridgehead atoms. The molecule has 24 heavy (non-hydrogen) atoms. The highest BCUT2D eigenvalue weighted by molar-refractivity contribution is 9.10. The largest absolute Gasteiger partial charge is 0.393 e. The van der Waals surface area contributed by atoms with Gasteiger partial charge in [0.05, 0.1) is 17.0 Å². The van der Waals surface area contributed by atoms with Crippen molar-refractivity contribution in [3.63, 3.8) is 0 Å². The Bertz CT molecular complexity index is 993. The fourth-order valence-corrected chi connectivity index (χ4v) is 4.30. The van der Waals surface area contributed by atoms with Crippen molar-refractivity contribution in [3.05, 3.63) is 64.3 Å². The third-order valence-corrected chi connectivity index (χ3v) is 6.06. The van der Waals surface area contributed by atoms with Gasteiger partial charge in [-0.2, -0.15) is 0 Å². The van der Waals surface area contributed by atoms with Gasteiger partial charge in [-0.25, -0.2) is 12.4 Å². The zero-order valence-electron chi connectivity index (χ0n) is 12.8. The van der Waals surface area contributed by atoms with E-state index in [0.29, 0.717) is 16.5 Å². The van der Waals surface area contributed by atoms with Crippen molar-refractivity contribution in [1.82, 2.24) is 3.97 Å². The number of fused-ring (bicyclic) bond motifs is 1. The molecule has 0 saturated carbocycles. The van der Waals surface area contributed by atoms with Gasteiger partial charge in [0.1, 0.15) is 6.10 Å². The van der Waals surface area contributed by atoms with Crippen LogP contribution in [0.15, 0.2) is 58.0 Å². The summed E-state index contributed by atoms with van der Waals surface area (Å²) in [5.41, 5.74) is 1.77. The minimum atomic E-state index is -3.82. The van der Waals surface area contributed by atoms with E-state index < -0.39 is 22.7 Å². The van der Waals surface area contributed by atoms with Crippen molar-refractivity contribution in [2.45, 2.75) is 17.9 Å². The summed E-state index contributed by atoms with van der Waals surface area (Å²) in [6.45, 7) is 1.40. The Morgan fingerprint density at radius 2 is 1.83 bits per heavy atom. The molecule has 0 aliphatic heterocycles. The van der Waals surface area contributed by atoms with E-state index in [2.05, 4.69) is 15.9 Å². The Morgan fingerprint density at radius 3 is 2.46 bits per heavy atom. The Balaban J connectivity index is 2.29. The summed E-state index contributed by atoms with van der Waals surface area (Å²) in [5, 5.41) is 19.8. The first kappa shape index (κ1) is 17.2. The lowest BCUT2D eigenvalue weighted by Gasteiger charge is -2.08. The molecule has 2 N–H and O–H groups in total. The standard InChI is InChI=1S/C17H16BrNO4S/c1-11-2-5-13(6-3-11)24(22,23)19-9-15(17(21)10-20)14-7-4-12(18)8-16(14)19/h2-9,17,20-21H,10H2,1H3/t17-/m1/s1. The van der Waals surface area contributed by atoms with Crippen LogP contribution in [0.25, 0.3) is 10.9 Å². The number of halogens is 1. The predicted octanol–water partition coefficient (Wildman–Crippen LogP) is 2.97. The highest BCUT2D eigenvalue weighted by Crippen LogP contribution is 2.31. The van der Waals surface area contributed by atoms with E-state index in [1.165, 1.54) is 6.20 Å². The number of aliphatic hydroxyl groups excluding tert-OH is 2. The molecule has 1 heterocycles. The fraction of sp³-hybridized carbons (Fsp3) is 0.176. The average molecular weight is 410 g/mol. The zero-order valence-corrected chi connectivity index (χ0v) is 15.3. The molecule has 3 aromatic rings. The van der Waals surface area contributed by atoms with E-state index in [0.717, 1.165) is 14.0 Å². The second-order valence-electron chi connectivity index (χ2n) is 5.56. The van der Waals surface area contributed by atoms with E-state index >= 15 is 0 Å². The van der Waals surface area contributed by atoms with Gasteiger partial charge in [-0.1, -0.05) is 39.7 Å².